The number of nitrogens with zero attached hydrogens (tertiary/aromatic N) is 1. The van der Waals surface area contributed by atoms with Gasteiger partial charge in [0.25, 0.3) is 11.8 Å². The first kappa shape index (κ1) is 14.6. The summed E-state index contributed by atoms with van der Waals surface area (Å²) in [6.07, 6.45) is 2.13. The van der Waals surface area contributed by atoms with Crippen LogP contribution < -0.4 is 21.7 Å². The SMILES string of the molecule is CNC(=O)c1c(N2CCC(C)CC2)sc(C(N)=O)c1N. The highest BCUT2D eigenvalue weighted by molar-refractivity contribution is 7.19. The van der Waals surface area contributed by atoms with E-state index in [-0.39, 0.29) is 16.5 Å². The van der Waals surface area contributed by atoms with E-state index in [0.717, 1.165) is 30.9 Å². The molecule has 0 spiro atoms. The van der Waals surface area contributed by atoms with Gasteiger partial charge in [0.2, 0.25) is 0 Å². The summed E-state index contributed by atoms with van der Waals surface area (Å²) in [5.41, 5.74) is 11.8. The summed E-state index contributed by atoms with van der Waals surface area (Å²) in [4.78, 5) is 25.9. The maximum Gasteiger partial charge on any atom is 0.260 e. The minimum absolute atomic E-state index is 0.190. The van der Waals surface area contributed by atoms with Gasteiger partial charge in [-0.05, 0) is 18.8 Å². The van der Waals surface area contributed by atoms with Gasteiger partial charge in [-0.3, -0.25) is 9.59 Å². The lowest BCUT2D eigenvalue weighted by Crippen LogP contribution is -2.34. The van der Waals surface area contributed by atoms with Gasteiger partial charge in [0, 0.05) is 20.1 Å². The Morgan fingerprint density at radius 3 is 2.45 bits per heavy atom. The highest BCUT2D eigenvalue weighted by atomic mass is 32.1. The van der Waals surface area contributed by atoms with Gasteiger partial charge in [-0.2, -0.15) is 0 Å². The molecule has 0 radical (unpaired) electrons. The number of hydrogen-bond acceptors (Lipinski definition) is 5. The van der Waals surface area contributed by atoms with Gasteiger partial charge in [-0.1, -0.05) is 6.92 Å². The predicted molar refractivity (Wildman–Crippen MR) is 81.3 cm³/mol. The van der Waals surface area contributed by atoms with Gasteiger partial charge < -0.3 is 21.7 Å². The molecule has 2 rings (SSSR count). The van der Waals surface area contributed by atoms with Crippen LogP contribution in [0.25, 0.3) is 0 Å². The number of carbonyl (C=O) groups excluding carboxylic acids is 2. The van der Waals surface area contributed by atoms with E-state index in [1.807, 2.05) is 0 Å². The second kappa shape index (κ2) is 5.70. The van der Waals surface area contributed by atoms with Crippen molar-refractivity contribution in [3.8, 4) is 0 Å². The van der Waals surface area contributed by atoms with Crippen molar-refractivity contribution in [2.45, 2.75) is 19.8 Å². The van der Waals surface area contributed by atoms with Crippen molar-refractivity contribution in [1.29, 1.82) is 0 Å². The Kier molecular flexibility index (Phi) is 4.17. The number of piperidine rings is 1. The maximum absolute atomic E-state index is 12.0. The lowest BCUT2D eigenvalue weighted by Gasteiger charge is -2.31. The van der Waals surface area contributed by atoms with Crippen LogP contribution in [0.4, 0.5) is 10.7 Å². The minimum Gasteiger partial charge on any atom is -0.397 e. The molecule has 5 N–H and O–H groups in total. The monoisotopic (exact) mass is 296 g/mol. The molecule has 1 aromatic heterocycles. The van der Waals surface area contributed by atoms with Crippen LogP contribution >= 0.6 is 11.3 Å². The first-order chi connectivity index (χ1) is 9.45. The third kappa shape index (κ3) is 2.58. The Balaban J connectivity index is 2.43. The molecule has 0 aromatic carbocycles. The van der Waals surface area contributed by atoms with Gasteiger partial charge in [0.15, 0.2) is 0 Å². The quantitative estimate of drug-likeness (QED) is 0.775. The molecule has 0 saturated carbocycles. The topological polar surface area (TPSA) is 101 Å². The summed E-state index contributed by atoms with van der Waals surface area (Å²) < 4.78 is 0. The lowest BCUT2D eigenvalue weighted by molar-refractivity contribution is 0.0964. The Morgan fingerprint density at radius 1 is 1.35 bits per heavy atom. The molecule has 6 nitrogen and oxygen atoms in total. The van der Waals surface area contributed by atoms with Gasteiger partial charge >= 0.3 is 0 Å². The van der Waals surface area contributed by atoms with Crippen LogP contribution in [0.1, 0.15) is 39.8 Å². The van der Waals surface area contributed by atoms with E-state index in [4.69, 9.17) is 11.5 Å². The number of nitrogen functional groups attached to an aromatic ring is 1. The van der Waals surface area contributed by atoms with Crippen molar-refractivity contribution in [3.63, 3.8) is 0 Å². The predicted octanol–water partition coefficient (Wildman–Crippen LogP) is 1.03. The van der Waals surface area contributed by atoms with Crippen LogP contribution in [0, 0.1) is 5.92 Å². The normalized spacial score (nSPS) is 16.2. The van der Waals surface area contributed by atoms with Crippen LogP contribution in [0.3, 0.4) is 0 Å². The zero-order valence-electron chi connectivity index (χ0n) is 11.7. The second-order valence-electron chi connectivity index (χ2n) is 5.14. The van der Waals surface area contributed by atoms with E-state index >= 15 is 0 Å². The number of nitrogens with two attached hydrogens (primary N) is 2. The Morgan fingerprint density at radius 2 is 1.95 bits per heavy atom. The average molecular weight is 296 g/mol. The van der Waals surface area contributed by atoms with Gasteiger partial charge in [-0.15, -0.1) is 11.3 Å². The van der Waals surface area contributed by atoms with Gasteiger partial charge in [0.05, 0.1) is 11.3 Å². The van der Waals surface area contributed by atoms with Crippen LogP contribution in [0.15, 0.2) is 0 Å². The second-order valence-corrected chi connectivity index (χ2v) is 6.14. The number of primary amides is 1. The number of nitrogens with one attached hydrogen (secondary N) is 1. The number of carbonyl (C=O) groups is 2. The van der Waals surface area contributed by atoms with Crippen molar-refractivity contribution in [1.82, 2.24) is 5.32 Å². The van der Waals surface area contributed by atoms with E-state index < -0.39 is 5.91 Å². The van der Waals surface area contributed by atoms with Crippen LogP contribution in [-0.2, 0) is 0 Å². The molecule has 1 aliphatic heterocycles. The van der Waals surface area contributed by atoms with Crippen molar-refractivity contribution in [3.05, 3.63) is 10.4 Å². The maximum atomic E-state index is 12.0. The highest BCUT2D eigenvalue weighted by Crippen LogP contribution is 2.39. The summed E-state index contributed by atoms with van der Waals surface area (Å²) >= 11 is 1.21. The summed E-state index contributed by atoms with van der Waals surface area (Å²) in [5, 5.41) is 3.32. The van der Waals surface area contributed by atoms with Crippen LogP contribution in [-0.4, -0.2) is 32.0 Å². The van der Waals surface area contributed by atoms with Gasteiger partial charge in [-0.25, -0.2) is 0 Å². The highest BCUT2D eigenvalue weighted by Gasteiger charge is 2.28. The molecule has 1 aromatic rings. The standard InChI is InChI=1S/C13H20N4O2S/c1-7-3-5-17(6-4-7)13-8(12(19)16-2)9(14)10(20-13)11(15)18/h7H,3-6,14H2,1-2H3,(H2,15,18)(H,16,19). The minimum atomic E-state index is -0.589. The molecule has 7 heteroatoms. The van der Waals surface area contributed by atoms with Gasteiger partial charge in [0.1, 0.15) is 9.88 Å². The fourth-order valence-corrected chi connectivity index (χ4v) is 3.52. The van der Waals surface area contributed by atoms with Crippen molar-refractivity contribution < 1.29 is 9.59 Å². The first-order valence-electron chi connectivity index (χ1n) is 6.64. The molecular formula is C13H20N4O2S. The van der Waals surface area contributed by atoms with E-state index in [2.05, 4.69) is 17.1 Å². The summed E-state index contributed by atoms with van der Waals surface area (Å²) in [7, 11) is 1.55. The zero-order chi connectivity index (χ0) is 14.9. The zero-order valence-corrected chi connectivity index (χ0v) is 12.5. The number of amides is 2. The summed E-state index contributed by atoms with van der Waals surface area (Å²) in [5.74, 6) is -0.184. The molecule has 1 fully saturated rings. The molecule has 1 saturated heterocycles. The van der Waals surface area contributed by atoms with Crippen LogP contribution in [0.2, 0.25) is 0 Å². The third-order valence-electron chi connectivity index (χ3n) is 3.68. The molecule has 2 heterocycles. The van der Waals surface area contributed by atoms with Crippen molar-refractivity contribution in [2.24, 2.45) is 11.7 Å². The fraction of sp³-hybridized carbons (Fsp3) is 0.538. The van der Waals surface area contributed by atoms with Crippen molar-refractivity contribution >= 4 is 33.8 Å². The van der Waals surface area contributed by atoms with E-state index in [9.17, 15) is 9.59 Å². The first-order valence-corrected chi connectivity index (χ1v) is 7.46. The Labute approximate surface area is 122 Å². The molecule has 2 amide bonds. The molecule has 1 aliphatic rings. The largest absolute Gasteiger partial charge is 0.397 e. The Hall–Kier alpha value is -1.76. The Bertz CT molecular complexity index is 533. The molecule has 110 valence electrons. The van der Waals surface area contributed by atoms with E-state index in [1.54, 1.807) is 7.05 Å². The number of anilines is 2. The molecular weight excluding hydrogens is 276 g/mol. The lowest BCUT2D eigenvalue weighted by atomic mass is 9.99. The number of rotatable bonds is 3. The number of hydrogen-bond donors (Lipinski definition) is 3. The fourth-order valence-electron chi connectivity index (χ4n) is 2.39. The molecule has 0 bridgehead atoms. The van der Waals surface area contributed by atoms with E-state index in [1.165, 1.54) is 11.3 Å². The smallest absolute Gasteiger partial charge is 0.260 e. The number of thiophene rings is 1. The summed E-state index contributed by atoms with van der Waals surface area (Å²) in [6, 6.07) is 0. The van der Waals surface area contributed by atoms with Crippen molar-refractivity contribution in [2.75, 3.05) is 30.8 Å². The third-order valence-corrected chi connectivity index (χ3v) is 4.96. The van der Waals surface area contributed by atoms with Crippen LogP contribution in [0.5, 0.6) is 0 Å². The molecule has 0 atom stereocenters. The van der Waals surface area contributed by atoms with E-state index in [0.29, 0.717) is 11.5 Å². The molecule has 0 unspecified atom stereocenters. The molecule has 0 aliphatic carbocycles. The molecule has 20 heavy (non-hydrogen) atoms. The average Bonchev–Trinajstić information content (AvgIpc) is 2.76. The summed E-state index contributed by atoms with van der Waals surface area (Å²) in [6.45, 7) is 3.95.